The fraction of sp³-hybridized carbons (Fsp3) is 0.312. The molecule has 0 aliphatic heterocycles. The molecule has 2 aromatic heterocycles. The monoisotopic (exact) mass is 317 g/mol. The van der Waals surface area contributed by atoms with E-state index in [4.69, 9.17) is 0 Å². The summed E-state index contributed by atoms with van der Waals surface area (Å²) in [6.07, 6.45) is 0. The van der Waals surface area contributed by atoms with E-state index < -0.39 is 0 Å². The predicted molar refractivity (Wildman–Crippen MR) is 87.9 cm³/mol. The number of likely N-dealkylation sites (N-methyl/N-ethyl adjacent to an activating group) is 2. The minimum Gasteiger partial charge on any atom is -0.347 e. The highest BCUT2D eigenvalue weighted by molar-refractivity contribution is 7.08. The third-order valence-corrected chi connectivity index (χ3v) is 4.03. The summed E-state index contributed by atoms with van der Waals surface area (Å²) in [7, 11) is 4.96. The third kappa shape index (κ3) is 3.51. The Morgan fingerprint density at radius 1 is 1.18 bits per heavy atom. The van der Waals surface area contributed by atoms with Crippen LogP contribution in [0.4, 0.5) is 0 Å². The smallest absolute Gasteiger partial charge is 0.255 e. The lowest BCUT2D eigenvalue weighted by molar-refractivity contribution is -0.129. The minimum atomic E-state index is -0.197. The van der Waals surface area contributed by atoms with Crippen molar-refractivity contribution in [3.63, 3.8) is 0 Å². The van der Waals surface area contributed by atoms with Crippen LogP contribution in [0.15, 0.2) is 29.0 Å². The second kappa shape index (κ2) is 6.70. The van der Waals surface area contributed by atoms with Crippen LogP contribution in [0.5, 0.6) is 0 Å². The van der Waals surface area contributed by atoms with Crippen molar-refractivity contribution in [1.82, 2.24) is 14.8 Å². The topological polar surface area (TPSA) is 53.5 Å². The van der Waals surface area contributed by atoms with Gasteiger partial charge < -0.3 is 9.80 Å². The molecular weight excluding hydrogens is 298 g/mol. The molecule has 0 aliphatic rings. The SMILES string of the molecule is Cc1nc(-c2ccsc2)ccc1C(=O)N(C)CC(=O)N(C)C. The second-order valence-electron chi connectivity index (χ2n) is 5.29. The molecule has 0 N–H and O–H groups in total. The number of aryl methyl sites for hydroxylation is 1. The number of carbonyl (C=O) groups is 2. The first kappa shape index (κ1) is 16.2. The van der Waals surface area contributed by atoms with Crippen LogP contribution in [0.25, 0.3) is 11.3 Å². The number of hydrogen-bond acceptors (Lipinski definition) is 4. The van der Waals surface area contributed by atoms with Crippen LogP contribution >= 0.6 is 11.3 Å². The van der Waals surface area contributed by atoms with Crippen molar-refractivity contribution in [2.24, 2.45) is 0 Å². The van der Waals surface area contributed by atoms with Gasteiger partial charge in [-0.3, -0.25) is 14.6 Å². The molecule has 0 unspecified atom stereocenters. The zero-order chi connectivity index (χ0) is 16.3. The average Bonchev–Trinajstić information content (AvgIpc) is 3.00. The van der Waals surface area contributed by atoms with Gasteiger partial charge in [-0.2, -0.15) is 11.3 Å². The van der Waals surface area contributed by atoms with Crippen LogP contribution in [0.1, 0.15) is 16.1 Å². The number of pyridine rings is 1. The lowest BCUT2D eigenvalue weighted by Gasteiger charge is -2.20. The molecule has 0 aromatic carbocycles. The quantitative estimate of drug-likeness (QED) is 0.869. The summed E-state index contributed by atoms with van der Waals surface area (Å²) in [6, 6.07) is 5.61. The lowest BCUT2D eigenvalue weighted by Crippen LogP contribution is -2.38. The normalized spacial score (nSPS) is 10.4. The maximum Gasteiger partial charge on any atom is 0.255 e. The van der Waals surface area contributed by atoms with Crippen molar-refractivity contribution in [2.45, 2.75) is 6.92 Å². The van der Waals surface area contributed by atoms with E-state index in [-0.39, 0.29) is 18.4 Å². The Labute approximate surface area is 134 Å². The summed E-state index contributed by atoms with van der Waals surface area (Å²) in [5.41, 5.74) is 3.08. The maximum absolute atomic E-state index is 12.4. The molecule has 0 fully saturated rings. The Hall–Kier alpha value is -2.21. The summed E-state index contributed by atoms with van der Waals surface area (Å²) in [5.74, 6) is -0.312. The van der Waals surface area contributed by atoms with Crippen molar-refractivity contribution >= 4 is 23.2 Å². The molecule has 2 rings (SSSR count). The van der Waals surface area contributed by atoms with E-state index in [1.807, 2.05) is 29.8 Å². The third-order valence-electron chi connectivity index (χ3n) is 3.35. The standard InChI is InChI=1S/C16H19N3O2S/c1-11-13(16(21)19(4)9-15(20)18(2)3)5-6-14(17-11)12-7-8-22-10-12/h5-8,10H,9H2,1-4H3. The molecule has 0 radical (unpaired) electrons. The predicted octanol–water partition coefficient (Wildman–Crippen LogP) is 2.28. The van der Waals surface area contributed by atoms with E-state index in [1.54, 1.807) is 38.5 Å². The zero-order valence-corrected chi connectivity index (χ0v) is 14.0. The van der Waals surface area contributed by atoms with Crippen molar-refractivity contribution in [3.8, 4) is 11.3 Å². The van der Waals surface area contributed by atoms with Gasteiger partial charge >= 0.3 is 0 Å². The van der Waals surface area contributed by atoms with E-state index in [9.17, 15) is 9.59 Å². The first-order chi connectivity index (χ1) is 10.4. The molecule has 22 heavy (non-hydrogen) atoms. The number of nitrogens with zero attached hydrogens (tertiary/aromatic N) is 3. The molecule has 2 aromatic rings. The van der Waals surface area contributed by atoms with Crippen molar-refractivity contribution in [1.29, 1.82) is 0 Å². The average molecular weight is 317 g/mol. The van der Waals surface area contributed by atoms with Crippen molar-refractivity contribution < 1.29 is 9.59 Å². The van der Waals surface area contributed by atoms with Gasteiger partial charge in [0.15, 0.2) is 0 Å². The summed E-state index contributed by atoms with van der Waals surface area (Å²) >= 11 is 1.61. The van der Waals surface area contributed by atoms with E-state index in [2.05, 4.69) is 4.98 Å². The molecule has 2 amide bonds. The lowest BCUT2D eigenvalue weighted by atomic mass is 10.1. The molecule has 5 nitrogen and oxygen atoms in total. The van der Waals surface area contributed by atoms with Crippen LogP contribution in [0, 0.1) is 6.92 Å². The van der Waals surface area contributed by atoms with Crippen molar-refractivity contribution in [2.75, 3.05) is 27.7 Å². The van der Waals surface area contributed by atoms with E-state index in [0.29, 0.717) is 11.3 Å². The molecule has 0 bridgehead atoms. The van der Waals surface area contributed by atoms with Crippen LogP contribution in [-0.2, 0) is 4.79 Å². The zero-order valence-electron chi connectivity index (χ0n) is 13.2. The summed E-state index contributed by atoms with van der Waals surface area (Å²) in [4.78, 5) is 31.5. The number of carbonyl (C=O) groups excluding carboxylic acids is 2. The molecular formula is C16H19N3O2S. The number of thiophene rings is 1. The molecule has 116 valence electrons. The highest BCUT2D eigenvalue weighted by Gasteiger charge is 2.18. The van der Waals surface area contributed by atoms with Gasteiger partial charge in [-0.05, 0) is 30.5 Å². The second-order valence-corrected chi connectivity index (χ2v) is 6.07. The largest absolute Gasteiger partial charge is 0.347 e. The van der Waals surface area contributed by atoms with Crippen molar-refractivity contribution in [3.05, 3.63) is 40.2 Å². The van der Waals surface area contributed by atoms with Gasteiger partial charge in [0.2, 0.25) is 5.91 Å². The van der Waals surface area contributed by atoms with Crippen LogP contribution in [0.3, 0.4) is 0 Å². The van der Waals surface area contributed by atoms with Gasteiger partial charge in [0.25, 0.3) is 5.91 Å². The number of rotatable bonds is 4. The fourth-order valence-corrected chi connectivity index (χ4v) is 2.63. The summed E-state index contributed by atoms with van der Waals surface area (Å²) in [5, 5.41) is 4.01. The molecule has 0 aliphatic carbocycles. The highest BCUT2D eigenvalue weighted by atomic mass is 32.1. The van der Waals surface area contributed by atoms with Gasteiger partial charge in [0.1, 0.15) is 0 Å². The van der Waals surface area contributed by atoms with Gasteiger partial charge in [0, 0.05) is 32.1 Å². The Kier molecular flexibility index (Phi) is 4.92. The van der Waals surface area contributed by atoms with E-state index in [0.717, 1.165) is 11.3 Å². The maximum atomic E-state index is 12.4. The highest BCUT2D eigenvalue weighted by Crippen LogP contribution is 2.21. The summed E-state index contributed by atoms with van der Waals surface area (Å²) in [6.45, 7) is 1.86. The molecule has 2 heterocycles. The van der Waals surface area contributed by atoms with Gasteiger partial charge in [0.05, 0.1) is 23.5 Å². The number of amides is 2. The Morgan fingerprint density at radius 2 is 1.91 bits per heavy atom. The Bertz CT molecular complexity index is 681. The Balaban J connectivity index is 2.18. The molecule has 0 saturated carbocycles. The fourth-order valence-electron chi connectivity index (χ4n) is 1.98. The Morgan fingerprint density at radius 3 is 2.45 bits per heavy atom. The number of aromatic nitrogens is 1. The first-order valence-electron chi connectivity index (χ1n) is 6.86. The van der Waals surface area contributed by atoms with Crippen LogP contribution < -0.4 is 0 Å². The van der Waals surface area contributed by atoms with Crippen LogP contribution in [0.2, 0.25) is 0 Å². The molecule has 0 spiro atoms. The molecule has 0 saturated heterocycles. The summed E-state index contributed by atoms with van der Waals surface area (Å²) < 4.78 is 0. The van der Waals surface area contributed by atoms with Gasteiger partial charge in [-0.1, -0.05) is 0 Å². The van der Waals surface area contributed by atoms with E-state index in [1.165, 1.54) is 9.80 Å². The number of hydrogen-bond donors (Lipinski definition) is 0. The minimum absolute atomic E-state index is 0.0531. The van der Waals surface area contributed by atoms with Crippen LogP contribution in [-0.4, -0.2) is 54.3 Å². The van der Waals surface area contributed by atoms with Gasteiger partial charge in [-0.15, -0.1) is 0 Å². The van der Waals surface area contributed by atoms with Gasteiger partial charge in [-0.25, -0.2) is 0 Å². The molecule has 0 atom stereocenters. The van der Waals surface area contributed by atoms with E-state index >= 15 is 0 Å². The molecule has 6 heteroatoms. The first-order valence-corrected chi connectivity index (χ1v) is 7.80.